The van der Waals surface area contributed by atoms with Crippen LogP contribution in [0.1, 0.15) is 37.4 Å². The lowest BCUT2D eigenvalue weighted by molar-refractivity contribution is 0.0973. The second kappa shape index (κ2) is 5.01. The Balaban J connectivity index is 2.38. The Morgan fingerprint density at radius 2 is 1.52 bits per heavy atom. The molecule has 6 heteroatoms. The minimum atomic E-state index is -0.634. The summed E-state index contributed by atoms with van der Waals surface area (Å²) in [5.41, 5.74) is 0.458. The first-order valence-electron chi connectivity index (χ1n) is 6.81. The van der Waals surface area contributed by atoms with Crippen LogP contribution in [0.15, 0.2) is 18.2 Å². The fraction of sp³-hybridized carbons (Fsp3) is 0.176. The number of ketones is 2. The van der Waals surface area contributed by atoms with Crippen LogP contribution < -0.4 is 9.47 Å². The number of benzene rings is 2. The SMILES string of the molecule is COc1cc2c(c(O)c1OC)C(=O)c1c(O)cc(C)cc1C2=O. The molecule has 0 heterocycles. The molecule has 23 heavy (non-hydrogen) atoms. The second-order valence-electron chi connectivity index (χ2n) is 5.25. The molecule has 0 amide bonds. The van der Waals surface area contributed by atoms with Gasteiger partial charge in [0, 0.05) is 11.1 Å². The van der Waals surface area contributed by atoms with E-state index in [1.54, 1.807) is 6.92 Å². The van der Waals surface area contributed by atoms with Gasteiger partial charge in [-0.15, -0.1) is 0 Å². The third-order valence-corrected chi connectivity index (χ3v) is 3.85. The predicted molar refractivity (Wildman–Crippen MR) is 80.9 cm³/mol. The van der Waals surface area contributed by atoms with Crippen molar-refractivity contribution >= 4 is 11.6 Å². The summed E-state index contributed by atoms with van der Waals surface area (Å²) in [4.78, 5) is 25.4. The van der Waals surface area contributed by atoms with Gasteiger partial charge in [0.25, 0.3) is 0 Å². The van der Waals surface area contributed by atoms with E-state index in [0.29, 0.717) is 5.56 Å². The number of phenolic OH excluding ortho intramolecular Hbond substituents is 2. The Hall–Kier alpha value is -3.02. The van der Waals surface area contributed by atoms with E-state index in [2.05, 4.69) is 0 Å². The van der Waals surface area contributed by atoms with Gasteiger partial charge >= 0.3 is 0 Å². The third-order valence-electron chi connectivity index (χ3n) is 3.85. The zero-order valence-corrected chi connectivity index (χ0v) is 12.8. The first kappa shape index (κ1) is 14.9. The predicted octanol–water partition coefficient (Wildman–Crippen LogP) is 2.20. The fourth-order valence-corrected chi connectivity index (χ4v) is 2.84. The number of hydrogen-bond donors (Lipinski definition) is 2. The molecule has 0 spiro atoms. The summed E-state index contributed by atoms with van der Waals surface area (Å²) in [6.07, 6.45) is 0. The van der Waals surface area contributed by atoms with E-state index in [9.17, 15) is 19.8 Å². The minimum absolute atomic E-state index is 0.0163. The molecule has 6 nitrogen and oxygen atoms in total. The Morgan fingerprint density at radius 3 is 2.13 bits per heavy atom. The molecule has 0 aliphatic heterocycles. The van der Waals surface area contributed by atoms with Crippen LogP contribution in [0.4, 0.5) is 0 Å². The first-order chi connectivity index (χ1) is 10.9. The zero-order chi connectivity index (χ0) is 16.9. The van der Waals surface area contributed by atoms with Gasteiger partial charge in [-0.25, -0.2) is 0 Å². The van der Waals surface area contributed by atoms with E-state index in [1.807, 2.05) is 0 Å². The van der Waals surface area contributed by atoms with E-state index in [0.717, 1.165) is 0 Å². The van der Waals surface area contributed by atoms with E-state index < -0.39 is 17.3 Å². The number of aryl methyl sites for hydroxylation is 1. The van der Waals surface area contributed by atoms with E-state index in [4.69, 9.17) is 9.47 Å². The summed E-state index contributed by atoms with van der Waals surface area (Å²) in [5.74, 6) is -1.77. The lowest BCUT2D eigenvalue weighted by Crippen LogP contribution is -2.22. The van der Waals surface area contributed by atoms with E-state index in [-0.39, 0.29) is 39.5 Å². The van der Waals surface area contributed by atoms with Crippen molar-refractivity contribution in [3.05, 3.63) is 46.0 Å². The standard InChI is InChI=1S/C17H14O6/c1-7-4-8-12(10(18)5-7)15(20)13-9(14(8)19)6-11(22-2)17(23-3)16(13)21/h4-6,18,21H,1-3H3. The number of ether oxygens (including phenoxy) is 2. The molecule has 2 aromatic carbocycles. The maximum Gasteiger partial charge on any atom is 0.203 e. The fourth-order valence-electron chi connectivity index (χ4n) is 2.84. The molecular formula is C17H14O6. The largest absolute Gasteiger partial charge is 0.507 e. The summed E-state index contributed by atoms with van der Waals surface area (Å²) in [6, 6.07) is 4.29. The first-order valence-corrected chi connectivity index (χ1v) is 6.81. The van der Waals surface area contributed by atoms with Gasteiger partial charge in [0.1, 0.15) is 5.75 Å². The van der Waals surface area contributed by atoms with Crippen LogP contribution in [0.25, 0.3) is 0 Å². The van der Waals surface area contributed by atoms with Crippen molar-refractivity contribution < 1.29 is 29.3 Å². The van der Waals surface area contributed by atoms with Crippen LogP contribution in [-0.4, -0.2) is 36.0 Å². The molecule has 0 radical (unpaired) electrons. The molecule has 2 aromatic rings. The number of methoxy groups -OCH3 is 2. The normalized spacial score (nSPS) is 12.7. The summed E-state index contributed by atoms with van der Waals surface area (Å²) in [6.45, 7) is 1.71. The molecule has 0 fully saturated rings. The molecule has 0 bridgehead atoms. The van der Waals surface area contributed by atoms with Crippen molar-refractivity contribution in [3.8, 4) is 23.0 Å². The Morgan fingerprint density at radius 1 is 0.870 bits per heavy atom. The highest BCUT2D eigenvalue weighted by atomic mass is 16.5. The number of aromatic hydroxyl groups is 2. The number of phenols is 2. The topological polar surface area (TPSA) is 93.1 Å². The molecule has 0 saturated carbocycles. The van der Waals surface area contributed by atoms with Crippen LogP contribution in [0.3, 0.4) is 0 Å². The quantitative estimate of drug-likeness (QED) is 0.753. The molecule has 3 rings (SSSR count). The molecule has 0 saturated heterocycles. The molecule has 1 aliphatic rings. The van der Waals surface area contributed by atoms with Crippen LogP contribution in [0.5, 0.6) is 23.0 Å². The summed E-state index contributed by atoms with van der Waals surface area (Å²) in [5, 5.41) is 20.4. The van der Waals surface area contributed by atoms with Crippen LogP contribution in [0, 0.1) is 6.92 Å². The highest BCUT2D eigenvalue weighted by Crippen LogP contribution is 2.45. The highest BCUT2D eigenvalue weighted by Gasteiger charge is 2.37. The van der Waals surface area contributed by atoms with Crippen molar-refractivity contribution in [2.45, 2.75) is 6.92 Å². The van der Waals surface area contributed by atoms with Crippen LogP contribution in [-0.2, 0) is 0 Å². The Bertz CT molecular complexity index is 866. The number of hydrogen-bond acceptors (Lipinski definition) is 6. The van der Waals surface area contributed by atoms with Gasteiger partial charge in [-0.05, 0) is 30.7 Å². The van der Waals surface area contributed by atoms with Crippen molar-refractivity contribution in [1.29, 1.82) is 0 Å². The van der Waals surface area contributed by atoms with Crippen LogP contribution in [0.2, 0.25) is 0 Å². The van der Waals surface area contributed by atoms with Gasteiger partial charge in [-0.3, -0.25) is 9.59 Å². The number of carbonyl (C=O) groups excluding carboxylic acids is 2. The van der Waals surface area contributed by atoms with Gasteiger partial charge in [-0.2, -0.15) is 0 Å². The van der Waals surface area contributed by atoms with Crippen molar-refractivity contribution in [2.24, 2.45) is 0 Å². The molecular weight excluding hydrogens is 300 g/mol. The van der Waals surface area contributed by atoms with Gasteiger partial charge in [0.2, 0.25) is 11.5 Å². The smallest absolute Gasteiger partial charge is 0.203 e. The number of carbonyl (C=O) groups is 2. The van der Waals surface area contributed by atoms with E-state index in [1.165, 1.54) is 32.4 Å². The summed E-state index contributed by atoms with van der Waals surface area (Å²) >= 11 is 0. The Kier molecular flexibility index (Phi) is 3.25. The summed E-state index contributed by atoms with van der Waals surface area (Å²) < 4.78 is 10.2. The monoisotopic (exact) mass is 314 g/mol. The lowest BCUT2D eigenvalue weighted by Gasteiger charge is -2.22. The molecule has 1 aliphatic carbocycles. The summed E-state index contributed by atoms with van der Waals surface area (Å²) in [7, 11) is 2.68. The minimum Gasteiger partial charge on any atom is -0.507 e. The number of fused-ring (bicyclic) bond motifs is 2. The van der Waals surface area contributed by atoms with E-state index >= 15 is 0 Å². The van der Waals surface area contributed by atoms with Crippen molar-refractivity contribution in [3.63, 3.8) is 0 Å². The average molecular weight is 314 g/mol. The second-order valence-corrected chi connectivity index (χ2v) is 5.25. The molecule has 0 unspecified atom stereocenters. The number of rotatable bonds is 2. The maximum absolute atomic E-state index is 12.7. The maximum atomic E-state index is 12.7. The van der Waals surface area contributed by atoms with Gasteiger partial charge in [0.15, 0.2) is 17.3 Å². The third kappa shape index (κ3) is 1.95. The molecule has 0 atom stereocenters. The van der Waals surface area contributed by atoms with Crippen molar-refractivity contribution in [1.82, 2.24) is 0 Å². The van der Waals surface area contributed by atoms with Gasteiger partial charge < -0.3 is 19.7 Å². The molecule has 118 valence electrons. The van der Waals surface area contributed by atoms with Crippen molar-refractivity contribution in [2.75, 3.05) is 14.2 Å². The van der Waals surface area contributed by atoms with Gasteiger partial charge in [0.05, 0.1) is 25.3 Å². The molecule has 0 aromatic heterocycles. The highest BCUT2D eigenvalue weighted by molar-refractivity contribution is 6.30. The zero-order valence-electron chi connectivity index (χ0n) is 12.8. The van der Waals surface area contributed by atoms with Gasteiger partial charge in [-0.1, -0.05) is 0 Å². The average Bonchev–Trinajstić information content (AvgIpc) is 2.50. The molecule has 2 N–H and O–H groups in total. The van der Waals surface area contributed by atoms with Crippen LogP contribution >= 0.6 is 0 Å². The lowest BCUT2D eigenvalue weighted by atomic mass is 9.82. The Labute approximate surface area is 131 Å².